The molecular weight excluding hydrogens is 274 g/mol. The van der Waals surface area contributed by atoms with Crippen LogP contribution in [-0.2, 0) is 4.74 Å². The smallest absolute Gasteiger partial charge is 0.287 e. The topological polar surface area (TPSA) is 51.5 Å². The number of carbonyl (C=O) groups excluding carboxylic acids is 1. The van der Waals surface area contributed by atoms with E-state index in [1.54, 1.807) is 13.2 Å². The number of methoxy groups -OCH3 is 1. The van der Waals surface area contributed by atoms with Crippen LogP contribution in [0.15, 0.2) is 16.7 Å². The van der Waals surface area contributed by atoms with E-state index < -0.39 is 0 Å². The summed E-state index contributed by atoms with van der Waals surface area (Å²) >= 11 is 3.45. The lowest BCUT2D eigenvalue weighted by Crippen LogP contribution is -2.27. The number of aryl methyl sites for hydroxylation is 1. The maximum atomic E-state index is 11.6. The van der Waals surface area contributed by atoms with Crippen LogP contribution in [0, 0.1) is 6.92 Å². The van der Waals surface area contributed by atoms with Gasteiger partial charge in [-0.05, 0) is 19.4 Å². The molecule has 0 fully saturated rings. The summed E-state index contributed by atoms with van der Waals surface area (Å²) in [7, 11) is 1.65. The molecule has 5 heteroatoms. The molecule has 0 spiro atoms. The Morgan fingerprint density at radius 3 is 3.00 bits per heavy atom. The third-order valence-corrected chi connectivity index (χ3v) is 2.88. The van der Waals surface area contributed by atoms with E-state index in [1.807, 2.05) is 6.92 Å². The number of ether oxygens (including phenoxy) is 1. The second-order valence-electron chi connectivity index (χ2n) is 3.53. The first kappa shape index (κ1) is 13.3. The number of alkyl halides is 1. The van der Waals surface area contributed by atoms with Crippen LogP contribution < -0.4 is 5.32 Å². The van der Waals surface area contributed by atoms with E-state index in [0.717, 1.165) is 12.0 Å². The molecule has 0 aliphatic rings. The Balaban J connectivity index is 2.29. The van der Waals surface area contributed by atoms with Gasteiger partial charge in [0.2, 0.25) is 0 Å². The molecule has 0 aliphatic carbocycles. The predicted octanol–water partition coefficient (Wildman–Crippen LogP) is 2.12. The number of rotatable bonds is 6. The zero-order chi connectivity index (χ0) is 12.0. The fraction of sp³-hybridized carbons (Fsp3) is 0.545. The summed E-state index contributed by atoms with van der Waals surface area (Å²) in [5.74, 6) is 0.220. The van der Waals surface area contributed by atoms with Crippen molar-refractivity contribution in [3.8, 4) is 0 Å². The highest BCUT2D eigenvalue weighted by atomic mass is 79.9. The van der Waals surface area contributed by atoms with Gasteiger partial charge in [-0.15, -0.1) is 0 Å². The van der Waals surface area contributed by atoms with Crippen LogP contribution in [0.1, 0.15) is 22.5 Å². The van der Waals surface area contributed by atoms with Gasteiger partial charge in [0.25, 0.3) is 5.91 Å². The fourth-order valence-corrected chi connectivity index (χ4v) is 1.79. The van der Waals surface area contributed by atoms with Crippen molar-refractivity contribution in [3.05, 3.63) is 23.7 Å². The zero-order valence-corrected chi connectivity index (χ0v) is 11.0. The van der Waals surface area contributed by atoms with Gasteiger partial charge >= 0.3 is 0 Å². The number of hydrogen-bond acceptors (Lipinski definition) is 3. The molecule has 1 unspecified atom stereocenters. The molecule has 16 heavy (non-hydrogen) atoms. The lowest BCUT2D eigenvalue weighted by molar-refractivity contribution is 0.0923. The lowest BCUT2D eigenvalue weighted by atomic mass is 10.2. The predicted molar refractivity (Wildman–Crippen MR) is 65.0 cm³/mol. The molecule has 1 aromatic rings. The standard InChI is InChI=1S/C11H16BrNO3/c1-8-4-6-16-10(8)11(14)13-5-3-9(12)7-15-2/h4,6,9H,3,5,7H2,1-2H3,(H,13,14). The van der Waals surface area contributed by atoms with Gasteiger partial charge < -0.3 is 14.5 Å². The maximum absolute atomic E-state index is 11.6. The van der Waals surface area contributed by atoms with Gasteiger partial charge in [-0.3, -0.25) is 4.79 Å². The van der Waals surface area contributed by atoms with Crippen molar-refractivity contribution in [1.29, 1.82) is 0 Å². The van der Waals surface area contributed by atoms with E-state index in [2.05, 4.69) is 21.2 Å². The Labute approximate surface area is 103 Å². The van der Waals surface area contributed by atoms with Crippen molar-refractivity contribution in [2.45, 2.75) is 18.2 Å². The summed E-state index contributed by atoms with van der Waals surface area (Å²) in [4.78, 5) is 11.9. The quantitative estimate of drug-likeness (QED) is 0.816. The minimum Gasteiger partial charge on any atom is -0.459 e. The summed E-state index contributed by atoms with van der Waals surface area (Å²) in [5.41, 5.74) is 0.852. The molecule has 0 aromatic carbocycles. The molecule has 1 aromatic heterocycles. The van der Waals surface area contributed by atoms with Gasteiger partial charge in [-0.2, -0.15) is 0 Å². The van der Waals surface area contributed by atoms with E-state index in [9.17, 15) is 4.79 Å². The minimum atomic E-state index is -0.167. The third-order valence-electron chi connectivity index (χ3n) is 2.16. The molecule has 0 saturated heterocycles. The number of halogens is 1. The number of amides is 1. The van der Waals surface area contributed by atoms with Gasteiger partial charge in [-0.25, -0.2) is 0 Å². The number of carbonyl (C=O) groups is 1. The SMILES string of the molecule is COCC(Br)CCNC(=O)c1occc1C. The monoisotopic (exact) mass is 289 g/mol. The molecule has 1 heterocycles. The normalized spacial score (nSPS) is 12.4. The van der Waals surface area contributed by atoms with E-state index in [0.29, 0.717) is 18.9 Å². The first-order valence-corrected chi connectivity index (χ1v) is 6.02. The molecule has 1 amide bonds. The van der Waals surface area contributed by atoms with Crippen molar-refractivity contribution in [1.82, 2.24) is 5.32 Å². The number of hydrogen-bond donors (Lipinski definition) is 1. The van der Waals surface area contributed by atoms with Gasteiger partial charge in [0, 0.05) is 24.0 Å². The van der Waals surface area contributed by atoms with E-state index >= 15 is 0 Å². The lowest BCUT2D eigenvalue weighted by Gasteiger charge is -2.08. The minimum absolute atomic E-state index is 0.167. The molecule has 90 valence electrons. The molecule has 1 atom stereocenters. The molecule has 1 rings (SSSR count). The van der Waals surface area contributed by atoms with Crippen LogP contribution in [-0.4, -0.2) is 31.0 Å². The largest absolute Gasteiger partial charge is 0.459 e. The Morgan fingerprint density at radius 2 is 2.44 bits per heavy atom. The Morgan fingerprint density at radius 1 is 1.69 bits per heavy atom. The highest BCUT2D eigenvalue weighted by Gasteiger charge is 2.12. The first-order chi connectivity index (χ1) is 7.65. The second kappa shape index (κ2) is 6.70. The zero-order valence-electron chi connectivity index (χ0n) is 9.46. The van der Waals surface area contributed by atoms with Crippen LogP contribution in [0.5, 0.6) is 0 Å². The summed E-state index contributed by atoms with van der Waals surface area (Å²) in [6, 6.07) is 1.77. The Hall–Kier alpha value is -0.810. The first-order valence-electron chi connectivity index (χ1n) is 5.10. The summed E-state index contributed by atoms with van der Waals surface area (Å²) in [6.45, 7) is 3.07. The van der Waals surface area contributed by atoms with Gasteiger partial charge in [0.1, 0.15) is 0 Å². The Kier molecular flexibility index (Phi) is 5.55. The maximum Gasteiger partial charge on any atom is 0.287 e. The average molecular weight is 290 g/mol. The van der Waals surface area contributed by atoms with Crippen LogP contribution in [0.3, 0.4) is 0 Å². The van der Waals surface area contributed by atoms with E-state index in [-0.39, 0.29) is 10.7 Å². The molecule has 0 radical (unpaired) electrons. The third kappa shape index (κ3) is 3.98. The van der Waals surface area contributed by atoms with Gasteiger partial charge in [0.05, 0.1) is 12.9 Å². The molecule has 0 aliphatic heterocycles. The van der Waals surface area contributed by atoms with Crippen LogP contribution >= 0.6 is 15.9 Å². The summed E-state index contributed by atoms with van der Waals surface area (Å²) in [5, 5.41) is 2.80. The number of nitrogens with one attached hydrogen (secondary N) is 1. The summed E-state index contributed by atoms with van der Waals surface area (Å²) in [6.07, 6.45) is 2.34. The fourth-order valence-electron chi connectivity index (χ4n) is 1.29. The van der Waals surface area contributed by atoms with Crippen molar-refractivity contribution in [2.24, 2.45) is 0 Å². The van der Waals surface area contributed by atoms with E-state index in [4.69, 9.17) is 9.15 Å². The summed E-state index contributed by atoms with van der Waals surface area (Å²) < 4.78 is 10.1. The van der Waals surface area contributed by atoms with Crippen molar-refractivity contribution in [3.63, 3.8) is 0 Å². The molecule has 0 bridgehead atoms. The highest BCUT2D eigenvalue weighted by Crippen LogP contribution is 2.09. The van der Waals surface area contributed by atoms with Crippen molar-refractivity contribution >= 4 is 21.8 Å². The van der Waals surface area contributed by atoms with Crippen molar-refractivity contribution < 1.29 is 13.9 Å². The average Bonchev–Trinajstić information content (AvgIpc) is 2.64. The van der Waals surface area contributed by atoms with E-state index in [1.165, 1.54) is 6.26 Å². The molecular formula is C11H16BrNO3. The molecule has 1 N–H and O–H groups in total. The molecule has 0 saturated carbocycles. The second-order valence-corrected chi connectivity index (χ2v) is 4.82. The molecule has 4 nitrogen and oxygen atoms in total. The Bertz CT molecular complexity index is 338. The number of furan rings is 1. The van der Waals surface area contributed by atoms with Crippen molar-refractivity contribution in [2.75, 3.05) is 20.3 Å². The van der Waals surface area contributed by atoms with Gasteiger partial charge in [-0.1, -0.05) is 15.9 Å². The van der Waals surface area contributed by atoms with Crippen LogP contribution in [0.4, 0.5) is 0 Å². The van der Waals surface area contributed by atoms with Crippen LogP contribution in [0.25, 0.3) is 0 Å². The van der Waals surface area contributed by atoms with Crippen LogP contribution in [0.2, 0.25) is 0 Å². The highest BCUT2D eigenvalue weighted by molar-refractivity contribution is 9.09. The van der Waals surface area contributed by atoms with Gasteiger partial charge in [0.15, 0.2) is 5.76 Å².